The van der Waals surface area contributed by atoms with Crippen LogP contribution in [0.25, 0.3) is 10.9 Å². The number of carboxylic acid groups (broad SMARTS) is 1. The summed E-state index contributed by atoms with van der Waals surface area (Å²) in [5.74, 6) is -1.31. The van der Waals surface area contributed by atoms with Crippen LogP contribution in [-0.4, -0.2) is 15.5 Å². The number of para-hydroxylation sites is 1. The SMILES string of the molecule is CC(C(=O)[O-])n1cnc2ccccc2c1=O. The van der Waals surface area contributed by atoms with Crippen LogP contribution in [0, 0.1) is 0 Å². The van der Waals surface area contributed by atoms with Gasteiger partial charge < -0.3 is 9.90 Å². The van der Waals surface area contributed by atoms with Gasteiger partial charge in [0.25, 0.3) is 5.56 Å². The summed E-state index contributed by atoms with van der Waals surface area (Å²) in [7, 11) is 0. The number of aliphatic carboxylic acids is 1. The maximum absolute atomic E-state index is 11.9. The van der Waals surface area contributed by atoms with E-state index < -0.39 is 12.0 Å². The van der Waals surface area contributed by atoms with Crippen molar-refractivity contribution in [2.75, 3.05) is 0 Å². The minimum Gasteiger partial charge on any atom is -0.548 e. The molecule has 0 saturated heterocycles. The fraction of sp³-hybridized carbons (Fsp3) is 0.182. The predicted octanol–water partition coefficient (Wildman–Crippen LogP) is -0.293. The molecule has 0 amide bonds. The van der Waals surface area contributed by atoms with Crippen molar-refractivity contribution < 1.29 is 9.90 Å². The highest BCUT2D eigenvalue weighted by atomic mass is 16.4. The number of hydrogen-bond donors (Lipinski definition) is 0. The molecule has 1 aromatic carbocycles. The van der Waals surface area contributed by atoms with Crippen molar-refractivity contribution in [1.82, 2.24) is 9.55 Å². The number of hydrogen-bond acceptors (Lipinski definition) is 4. The Labute approximate surface area is 91.0 Å². The number of fused-ring (bicyclic) bond motifs is 1. The van der Waals surface area contributed by atoms with Gasteiger partial charge in [-0.3, -0.25) is 9.36 Å². The molecule has 0 aliphatic heterocycles. The summed E-state index contributed by atoms with van der Waals surface area (Å²) in [5, 5.41) is 11.1. The predicted molar refractivity (Wildman–Crippen MR) is 55.7 cm³/mol. The fourth-order valence-electron chi connectivity index (χ4n) is 1.47. The van der Waals surface area contributed by atoms with E-state index in [9.17, 15) is 14.7 Å². The first-order chi connectivity index (χ1) is 7.61. The minimum atomic E-state index is -1.31. The third-order valence-electron chi connectivity index (χ3n) is 2.45. The lowest BCUT2D eigenvalue weighted by atomic mass is 10.2. The fourth-order valence-corrected chi connectivity index (χ4v) is 1.47. The summed E-state index contributed by atoms with van der Waals surface area (Å²) < 4.78 is 1.05. The number of nitrogens with zero attached hydrogens (tertiary/aromatic N) is 2. The molecule has 0 aliphatic rings. The lowest BCUT2D eigenvalue weighted by molar-refractivity contribution is -0.309. The Bertz CT molecular complexity index is 603. The molecule has 5 nitrogen and oxygen atoms in total. The van der Waals surface area contributed by atoms with Gasteiger partial charge in [0.1, 0.15) is 0 Å². The number of carbonyl (C=O) groups is 1. The lowest BCUT2D eigenvalue weighted by Crippen LogP contribution is -2.36. The van der Waals surface area contributed by atoms with Crippen LogP contribution in [0.15, 0.2) is 35.4 Å². The Balaban J connectivity index is 2.70. The van der Waals surface area contributed by atoms with Gasteiger partial charge in [-0.05, 0) is 19.1 Å². The van der Waals surface area contributed by atoms with Gasteiger partial charge in [-0.2, -0.15) is 0 Å². The van der Waals surface area contributed by atoms with Crippen LogP contribution in [0.3, 0.4) is 0 Å². The van der Waals surface area contributed by atoms with Crippen LogP contribution < -0.4 is 10.7 Å². The number of rotatable bonds is 2. The molecule has 82 valence electrons. The molecule has 1 heterocycles. The van der Waals surface area contributed by atoms with Crippen molar-refractivity contribution in [1.29, 1.82) is 0 Å². The molecule has 0 radical (unpaired) electrons. The molecule has 0 N–H and O–H groups in total. The van der Waals surface area contributed by atoms with Gasteiger partial charge in [0.2, 0.25) is 0 Å². The van der Waals surface area contributed by atoms with Gasteiger partial charge >= 0.3 is 0 Å². The van der Waals surface area contributed by atoms with Crippen LogP contribution in [0.2, 0.25) is 0 Å². The highest BCUT2D eigenvalue weighted by Crippen LogP contribution is 2.07. The summed E-state index contributed by atoms with van der Waals surface area (Å²) in [6.07, 6.45) is 1.23. The molecule has 1 atom stereocenters. The van der Waals surface area contributed by atoms with Gasteiger partial charge in [0.05, 0.1) is 29.2 Å². The number of benzene rings is 1. The molecular weight excluding hydrogens is 208 g/mol. The van der Waals surface area contributed by atoms with Crippen molar-refractivity contribution >= 4 is 16.9 Å². The van der Waals surface area contributed by atoms with Gasteiger partial charge in [0.15, 0.2) is 0 Å². The monoisotopic (exact) mass is 217 g/mol. The Morgan fingerprint density at radius 2 is 2.12 bits per heavy atom. The summed E-state index contributed by atoms with van der Waals surface area (Å²) in [6, 6.07) is 5.76. The van der Waals surface area contributed by atoms with Gasteiger partial charge in [-0.15, -0.1) is 0 Å². The van der Waals surface area contributed by atoms with E-state index in [0.717, 1.165) is 4.57 Å². The van der Waals surface area contributed by atoms with Crippen LogP contribution in [0.1, 0.15) is 13.0 Å². The van der Waals surface area contributed by atoms with E-state index in [1.54, 1.807) is 24.3 Å². The molecule has 0 saturated carbocycles. The minimum absolute atomic E-state index is 0.373. The molecular formula is C11H9N2O3-. The third kappa shape index (κ3) is 1.56. The highest BCUT2D eigenvalue weighted by molar-refractivity contribution is 5.77. The first kappa shape index (κ1) is 10.4. The zero-order valence-electron chi connectivity index (χ0n) is 8.58. The summed E-state index contributed by atoms with van der Waals surface area (Å²) in [5.41, 5.74) is 0.177. The molecule has 0 aliphatic carbocycles. The van der Waals surface area contributed by atoms with Crippen LogP contribution >= 0.6 is 0 Å². The molecule has 2 rings (SSSR count). The van der Waals surface area contributed by atoms with Crippen LogP contribution in [0.4, 0.5) is 0 Å². The maximum Gasteiger partial charge on any atom is 0.261 e. The summed E-state index contributed by atoms with van der Waals surface area (Å²) in [6.45, 7) is 1.38. The number of carboxylic acids is 1. The second-order valence-electron chi connectivity index (χ2n) is 3.47. The largest absolute Gasteiger partial charge is 0.548 e. The van der Waals surface area contributed by atoms with E-state index in [-0.39, 0.29) is 5.56 Å². The lowest BCUT2D eigenvalue weighted by Gasteiger charge is -2.15. The highest BCUT2D eigenvalue weighted by Gasteiger charge is 2.09. The smallest absolute Gasteiger partial charge is 0.261 e. The van der Waals surface area contributed by atoms with Crippen LogP contribution in [0.5, 0.6) is 0 Å². The molecule has 16 heavy (non-hydrogen) atoms. The van der Waals surface area contributed by atoms with E-state index in [1.807, 2.05) is 0 Å². The van der Waals surface area contributed by atoms with E-state index in [1.165, 1.54) is 13.3 Å². The van der Waals surface area contributed by atoms with E-state index in [4.69, 9.17) is 0 Å². The van der Waals surface area contributed by atoms with E-state index in [2.05, 4.69) is 4.98 Å². The van der Waals surface area contributed by atoms with Crippen molar-refractivity contribution in [3.8, 4) is 0 Å². The van der Waals surface area contributed by atoms with Crippen molar-refractivity contribution in [2.45, 2.75) is 13.0 Å². The molecule has 5 heteroatoms. The Morgan fingerprint density at radius 3 is 2.81 bits per heavy atom. The second kappa shape index (κ2) is 3.77. The molecule has 1 aromatic heterocycles. The van der Waals surface area contributed by atoms with Crippen molar-refractivity contribution in [3.63, 3.8) is 0 Å². The van der Waals surface area contributed by atoms with Crippen molar-refractivity contribution in [2.24, 2.45) is 0 Å². The number of carbonyl (C=O) groups excluding carboxylic acids is 1. The summed E-state index contributed by atoms with van der Waals surface area (Å²) in [4.78, 5) is 26.6. The Hall–Kier alpha value is -2.17. The van der Waals surface area contributed by atoms with Crippen LogP contribution in [-0.2, 0) is 4.79 Å². The molecule has 0 bridgehead atoms. The van der Waals surface area contributed by atoms with Gasteiger partial charge in [0, 0.05) is 0 Å². The molecule has 0 fully saturated rings. The zero-order chi connectivity index (χ0) is 11.7. The average molecular weight is 217 g/mol. The van der Waals surface area contributed by atoms with E-state index >= 15 is 0 Å². The zero-order valence-corrected chi connectivity index (χ0v) is 8.58. The third-order valence-corrected chi connectivity index (χ3v) is 2.45. The quantitative estimate of drug-likeness (QED) is 0.692. The van der Waals surface area contributed by atoms with Gasteiger partial charge in [-0.1, -0.05) is 12.1 Å². The Kier molecular flexibility index (Phi) is 2.44. The molecule has 2 aromatic rings. The standard InChI is InChI=1S/C11H10N2O3/c1-7(11(15)16)13-6-12-9-5-3-2-4-8(9)10(13)14/h2-7H,1H3,(H,15,16)/p-1. The molecule has 0 spiro atoms. The van der Waals surface area contributed by atoms with Gasteiger partial charge in [-0.25, -0.2) is 4.98 Å². The normalized spacial score (nSPS) is 12.6. The summed E-state index contributed by atoms with van der Waals surface area (Å²) >= 11 is 0. The van der Waals surface area contributed by atoms with Crippen molar-refractivity contribution in [3.05, 3.63) is 40.9 Å². The first-order valence-corrected chi connectivity index (χ1v) is 4.78. The average Bonchev–Trinajstić information content (AvgIpc) is 2.29. The number of aromatic nitrogens is 2. The maximum atomic E-state index is 11.9. The Morgan fingerprint density at radius 1 is 1.44 bits per heavy atom. The van der Waals surface area contributed by atoms with E-state index in [0.29, 0.717) is 10.9 Å². The second-order valence-corrected chi connectivity index (χ2v) is 3.47. The first-order valence-electron chi connectivity index (χ1n) is 4.78. The molecule has 1 unspecified atom stereocenters. The topological polar surface area (TPSA) is 75.0 Å².